The lowest BCUT2D eigenvalue weighted by Gasteiger charge is -2.34. The molecule has 0 bridgehead atoms. The fraction of sp³-hybridized carbons (Fsp3) is 0.818. The first-order valence-corrected chi connectivity index (χ1v) is 5.14. The maximum Gasteiger partial charge on any atom is 0.155 e. The van der Waals surface area contributed by atoms with Crippen molar-refractivity contribution in [3.8, 4) is 6.07 Å². The van der Waals surface area contributed by atoms with Gasteiger partial charge in [-0.25, -0.2) is 0 Å². The van der Waals surface area contributed by atoms with Gasteiger partial charge in [-0.15, -0.1) is 0 Å². The highest BCUT2D eigenvalue weighted by Gasteiger charge is 2.38. The van der Waals surface area contributed by atoms with E-state index in [1.165, 1.54) is 6.42 Å². The van der Waals surface area contributed by atoms with Crippen molar-refractivity contribution in [2.45, 2.75) is 38.5 Å². The van der Waals surface area contributed by atoms with E-state index in [9.17, 15) is 4.79 Å². The Morgan fingerprint density at radius 1 is 1.43 bits per heavy atom. The van der Waals surface area contributed by atoms with Gasteiger partial charge in [0.15, 0.2) is 5.78 Å². The lowest BCUT2D eigenvalue weighted by atomic mass is 9.71. The van der Waals surface area contributed by atoms with Gasteiger partial charge in [-0.2, -0.15) is 5.26 Å². The predicted molar refractivity (Wildman–Crippen MR) is 52.6 cm³/mol. The Kier molecular flexibility index (Phi) is 4.09. The molecule has 0 aliphatic heterocycles. The van der Waals surface area contributed by atoms with E-state index < -0.39 is 0 Å². The minimum atomic E-state index is -0.345. The minimum Gasteiger partial charge on any atom is -0.384 e. The highest BCUT2D eigenvalue weighted by atomic mass is 16.5. The highest BCUT2D eigenvalue weighted by Crippen LogP contribution is 2.38. The smallest absolute Gasteiger partial charge is 0.155 e. The first-order chi connectivity index (χ1) is 6.75. The van der Waals surface area contributed by atoms with Gasteiger partial charge in [0, 0.05) is 7.11 Å². The van der Waals surface area contributed by atoms with Crippen LogP contribution in [0.3, 0.4) is 0 Å². The summed E-state index contributed by atoms with van der Waals surface area (Å²) in [6.45, 7) is 0.480. The molecule has 3 nitrogen and oxygen atoms in total. The molecule has 0 aromatic carbocycles. The molecular weight excluding hydrogens is 178 g/mol. The number of ketones is 1. The monoisotopic (exact) mass is 195 g/mol. The quantitative estimate of drug-likeness (QED) is 0.690. The molecule has 1 rings (SSSR count). The van der Waals surface area contributed by atoms with E-state index >= 15 is 0 Å². The van der Waals surface area contributed by atoms with E-state index in [0.717, 1.165) is 25.7 Å². The van der Waals surface area contributed by atoms with Gasteiger partial charge in [-0.05, 0) is 12.8 Å². The van der Waals surface area contributed by atoms with E-state index in [0.29, 0.717) is 6.61 Å². The number of carbonyl (C=O) groups is 1. The van der Waals surface area contributed by atoms with Gasteiger partial charge >= 0.3 is 0 Å². The van der Waals surface area contributed by atoms with Crippen LogP contribution in [0.2, 0.25) is 0 Å². The molecule has 14 heavy (non-hydrogen) atoms. The maximum absolute atomic E-state index is 11.8. The molecule has 1 aliphatic rings. The molecule has 78 valence electrons. The Hall–Kier alpha value is -0.880. The van der Waals surface area contributed by atoms with Crippen LogP contribution in [-0.4, -0.2) is 19.5 Å². The molecule has 0 heterocycles. The summed E-state index contributed by atoms with van der Waals surface area (Å²) in [5, 5.41) is 8.54. The van der Waals surface area contributed by atoms with Gasteiger partial charge in [0.25, 0.3) is 0 Å². The first-order valence-electron chi connectivity index (χ1n) is 5.14. The fourth-order valence-corrected chi connectivity index (χ4v) is 2.27. The predicted octanol–water partition coefficient (Wildman–Crippen LogP) is 2.07. The second-order valence-electron chi connectivity index (χ2n) is 4.03. The van der Waals surface area contributed by atoms with Crippen LogP contribution in [0.5, 0.6) is 0 Å². The van der Waals surface area contributed by atoms with Crippen molar-refractivity contribution in [3.63, 3.8) is 0 Å². The molecule has 1 saturated carbocycles. The largest absolute Gasteiger partial charge is 0.384 e. The van der Waals surface area contributed by atoms with Gasteiger partial charge in [0.1, 0.15) is 0 Å². The Morgan fingerprint density at radius 2 is 2.07 bits per heavy atom. The molecule has 0 amide bonds. The van der Waals surface area contributed by atoms with Gasteiger partial charge in [-0.3, -0.25) is 4.79 Å². The molecule has 0 aromatic heterocycles. The molecule has 0 radical (unpaired) electrons. The van der Waals surface area contributed by atoms with E-state index in [4.69, 9.17) is 10.00 Å². The van der Waals surface area contributed by atoms with Gasteiger partial charge in [0.05, 0.1) is 24.5 Å². The van der Waals surface area contributed by atoms with Crippen molar-refractivity contribution in [2.24, 2.45) is 5.41 Å². The third-order valence-electron chi connectivity index (χ3n) is 3.06. The van der Waals surface area contributed by atoms with Crippen molar-refractivity contribution in [1.29, 1.82) is 5.26 Å². The summed E-state index contributed by atoms with van der Waals surface area (Å²) in [5.41, 5.74) is -0.345. The zero-order valence-electron chi connectivity index (χ0n) is 8.71. The number of carbonyl (C=O) groups excluding carboxylic acids is 1. The molecule has 0 atom stereocenters. The number of nitriles is 1. The van der Waals surface area contributed by atoms with Crippen LogP contribution in [0, 0.1) is 16.7 Å². The SMILES string of the molecule is COCC1(C(=O)CC#N)CCCCC1. The summed E-state index contributed by atoms with van der Waals surface area (Å²) in [5.74, 6) is 0.0709. The number of ether oxygens (including phenoxy) is 1. The zero-order chi connectivity index (χ0) is 10.4. The van der Waals surface area contributed by atoms with Gasteiger partial charge < -0.3 is 4.74 Å². The third kappa shape index (κ3) is 2.33. The molecule has 3 heteroatoms. The molecule has 1 aliphatic carbocycles. The van der Waals surface area contributed by atoms with Crippen LogP contribution < -0.4 is 0 Å². The second-order valence-corrected chi connectivity index (χ2v) is 4.03. The Labute approximate surface area is 85.1 Å². The number of Topliss-reactive ketones (excluding diaryl/α,β-unsaturated/α-hetero) is 1. The number of methoxy groups -OCH3 is 1. The summed E-state index contributed by atoms with van der Waals surface area (Å²) in [6, 6.07) is 1.94. The van der Waals surface area contributed by atoms with Crippen LogP contribution in [0.15, 0.2) is 0 Å². The average Bonchev–Trinajstić information content (AvgIpc) is 2.20. The first kappa shape index (κ1) is 11.2. The molecule has 1 fully saturated rings. The zero-order valence-corrected chi connectivity index (χ0v) is 8.71. The maximum atomic E-state index is 11.8. The standard InChI is InChI=1S/C11H17NO2/c1-14-9-11(10(13)5-8-12)6-3-2-4-7-11/h2-7,9H2,1H3. The number of hydrogen-bond acceptors (Lipinski definition) is 3. The Balaban J connectivity index is 2.69. The summed E-state index contributed by atoms with van der Waals surface area (Å²) < 4.78 is 5.12. The van der Waals surface area contributed by atoms with Crippen LogP contribution in [0.25, 0.3) is 0 Å². The minimum absolute atomic E-state index is 0.0311. The molecule has 0 saturated heterocycles. The highest BCUT2D eigenvalue weighted by molar-refractivity contribution is 5.86. The normalized spacial score (nSPS) is 20.0. The number of rotatable bonds is 4. The van der Waals surface area contributed by atoms with Gasteiger partial charge in [-0.1, -0.05) is 19.3 Å². The summed E-state index contributed by atoms with van der Waals surface area (Å²) in [4.78, 5) is 11.8. The van der Waals surface area contributed by atoms with Crippen LogP contribution >= 0.6 is 0 Å². The Bertz CT molecular complexity index is 231. The van der Waals surface area contributed by atoms with Crippen molar-refractivity contribution >= 4 is 5.78 Å². The van der Waals surface area contributed by atoms with Crippen LogP contribution in [-0.2, 0) is 9.53 Å². The number of hydrogen-bond donors (Lipinski definition) is 0. The Morgan fingerprint density at radius 3 is 2.57 bits per heavy atom. The van der Waals surface area contributed by atoms with E-state index in [1.54, 1.807) is 7.11 Å². The summed E-state index contributed by atoms with van der Waals surface area (Å²) in [7, 11) is 1.62. The molecular formula is C11H17NO2. The second kappa shape index (κ2) is 5.11. The van der Waals surface area contributed by atoms with Crippen LogP contribution in [0.4, 0.5) is 0 Å². The van der Waals surface area contributed by atoms with E-state index in [1.807, 2.05) is 6.07 Å². The molecule has 0 aromatic rings. The van der Waals surface area contributed by atoms with Gasteiger partial charge in [0.2, 0.25) is 0 Å². The molecule has 0 N–H and O–H groups in total. The third-order valence-corrected chi connectivity index (χ3v) is 3.06. The molecule has 0 spiro atoms. The van der Waals surface area contributed by atoms with Crippen molar-refractivity contribution in [2.75, 3.05) is 13.7 Å². The van der Waals surface area contributed by atoms with Crippen molar-refractivity contribution in [3.05, 3.63) is 0 Å². The number of nitrogens with zero attached hydrogens (tertiary/aromatic N) is 1. The lowest BCUT2D eigenvalue weighted by molar-refractivity contribution is -0.133. The topological polar surface area (TPSA) is 50.1 Å². The van der Waals surface area contributed by atoms with E-state index in [2.05, 4.69) is 0 Å². The molecule has 0 unspecified atom stereocenters. The summed E-state index contributed by atoms with van der Waals surface area (Å²) >= 11 is 0. The average molecular weight is 195 g/mol. The summed E-state index contributed by atoms with van der Waals surface area (Å²) in [6.07, 6.45) is 5.18. The van der Waals surface area contributed by atoms with Crippen LogP contribution in [0.1, 0.15) is 38.5 Å². The van der Waals surface area contributed by atoms with Crippen molar-refractivity contribution in [1.82, 2.24) is 0 Å². The van der Waals surface area contributed by atoms with Crippen molar-refractivity contribution < 1.29 is 9.53 Å². The fourth-order valence-electron chi connectivity index (χ4n) is 2.27. The van der Waals surface area contributed by atoms with E-state index in [-0.39, 0.29) is 17.6 Å². The lowest BCUT2D eigenvalue weighted by Crippen LogP contribution is -2.37.